The Kier molecular flexibility index (Phi) is 4.96. The number of imidazole rings is 1. The molecule has 1 aliphatic rings. The Balaban J connectivity index is 1.45. The lowest BCUT2D eigenvalue weighted by Crippen LogP contribution is -2.36. The first-order valence-electron chi connectivity index (χ1n) is 9.45. The van der Waals surface area contributed by atoms with Crippen LogP contribution in [0.25, 0.3) is 16.9 Å². The van der Waals surface area contributed by atoms with Crippen LogP contribution in [0, 0.1) is 0 Å². The van der Waals surface area contributed by atoms with E-state index in [1.165, 1.54) is 6.42 Å². The highest BCUT2D eigenvalue weighted by Crippen LogP contribution is 2.25. The fourth-order valence-electron chi connectivity index (χ4n) is 3.44. The van der Waals surface area contributed by atoms with Gasteiger partial charge in [-0.1, -0.05) is 12.1 Å². The summed E-state index contributed by atoms with van der Waals surface area (Å²) in [5.41, 5.74) is 9.09. The number of anilines is 1. The third-order valence-electron chi connectivity index (χ3n) is 4.94. The van der Waals surface area contributed by atoms with E-state index in [2.05, 4.69) is 0 Å². The number of nitrogens with zero attached hydrogens (tertiary/aromatic N) is 3. The maximum absolute atomic E-state index is 12.3. The van der Waals surface area contributed by atoms with Crippen molar-refractivity contribution >= 4 is 17.2 Å². The Morgan fingerprint density at radius 1 is 1.11 bits per heavy atom. The molecule has 0 spiro atoms. The zero-order chi connectivity index (χ0) is 18.6. The predicted molar refractivity (Wildman–Crippen MR) is 106 cm³/mol. The fourth-order valence-corrected chi connectivity index (χ4v) is 3.44. The molecule has 3 aromatic rings. The largest absolute Gasteiger partial charge is 0.489 e. The molecule has 27 heavy (non-hydrogen) atoms. The molecular weight excluding hydrogens is 340 g/mol. The summed E-state index contributed by atoms with van der Waals surface area (Å²) in [5.74, 6) is 0.859. The summed E-state index contributed by atoms with van der Waals surface area (Å²) in [4.78, 5) is 18.9. The molecule has 0 bridgehead atoms. The molecule has 1 amide bonds. The number of nitrogens with two attached hydrogens (primary N) is 1. The smallest absolute Gasteiger partial charge is 0.225 e. The van der Waals surface area contributed by atoms with Gasteiger partial charge in [0.2, 0.25) is 5.91 Å². The van der Waals surface area contributed by atoms with Crippen molar-refractivity contribution in [2.75, 3.05) is 25.4 Å². The second-order valence-corrected chi connectivity index (χ2v) is 6.89. The minimum absolute atomic E-state index is 0.174. The number of pyridine rings is 1. The summed E-state index contributed by atoms with van der Waals surface area (Å²) in [6.07, 6.45) is 7.73. The van der Waals surface area contributed by atoms with Crippen LogP contribution in [0.5, 0.6) is 5.75 Å². The van der Waals surface area contributed by atoms with Crippen LogP contribution in [0.15, 0.2) is 48.8 Å². The molecule has 1 aliphatic heterocycles. The van der Waals surface area contributed by atoms with Crippen LogP contribution in [-0.2, 0) is 4.79 Å². The molecule has 1 aromatic carbocycles. The Morgan fingerprint density at radius 3 is 2.67 bits per heavy atom. The molecule has 1 fully saturated rings. The maximum atomic E-state index is 12.3. The van der Waals surface area contributed by atoms with Gasteiger partial charge in [-0.2, -0.15) is 0 Å². The first kappa shape index (κ1) is 17.4. The van der Waals surface area contributed by atoms with Gasteiger partial charge in [0.25, 0.3) is 0 Å². The SMILES string of the molecule is Nc1ccc(-c2cn3cccc(OCCC(=O)N4CCCCC4)c3n2)cc1. The summed E-state index contributed by atoms with van der Waals surface area (Å²) in [5, 5.41) is 0. The molecule has 4 rings (SSSR count). The van der Waals surface area contributed by atoms with E-state index in [1.54, 1.807) is 0 Å². The van der Waals surface area contributed by atoms with E-state index in [-0.39, 0.29) is 5.91 Å². The molecule has 140 valence electrons. The Bertz CT molecular complexity index is 927. The molecule has 0 radical (unpaired) electrons. The average molecular weight is 364 g/mol. The van der Waals surface area contributed by atoms with Crippen LogP contribution < -0.4 is 10.5 Å². The number of hydrogen-bond donors (Lipinski definition) is 1. The molecule has 2 aromatic heterocycles. The van der Waals surface area contributed by atoms with Crippen molar-refractivity contribution in [3.63, 3.8) is 0 Å². The van der Waals surface area contributed by atoms with Crippen molar-refractivity contribution < 1.29 is 9.53 Å². The molecule has 6 heteroatoms. The van der Waals surface area contributed by atoms with Crippen molar-refractivity contribution in [1.29, 1.82) is 0 Å². The number of ether oxygens (including phenoxy) is 1. The number of aromatic nitrogens is 2. The van der Waals surface area contributed by atoms with E-state index in [0.717, 1.165) is 48.5 Å². The summed E-state index contributed by atoms with van der Waals surface area (Å²) in [6.45, 7) is 2.11. The highest BCUT2D eigenvalue weighted by molar-refractivity contribution is 5.76. The second kappa shape index (κ2) is 7.70. The Labute approximate surface area is 158 Å². The van der Waals surface area contributed by atoms with E-state index < -0.39 is 0 Å². The van der Waals surface area contributed by atoms with E-state index in [0.29, 0.717) is 18.8 Å². The van der Waals surface area contributed by atoms with E-state index in [4.69, 9.17) is 15.5 Å². The highest BCUT2D eigenvalue weighted by atomic mass is 16.5. The first-order valence-corrected chi connectivity index (χ1v) is 9.45. The number of rotatable bonds is 5. The monoisotopic (exact) mass is 364 g/mol. The number of carbonyl (C=O) groups is 1. The summed E-state index contributed by atoms with van der Waals surface area (Å²) < 4.78 is 7.84. The van der Waals surface area contributed by atoms with E-state index >= 15 is 0 Å². The third kappa shape index (κ3) is 3.89. The van der Waals surface area contributed by atoms with Gasteiger partial charge in [0.05, 0.1) is 18.7 Å². The average Bonchev–Trinajstić information content (AvgIpc) is 3.14. The number of fused-ring (bicyclic) bond motifs is 1. The normalized spacial score (nSPS) is 14.4. The molecular formula is C21H24N4O2. The van der Waals surface area contributed by atoms with Crippen LogP contribution in [-0.4, -0.2) is 39.9 Å². The number of benzene rings is 1. The minimum Gasteiger partial charge on any atom is -0.489 e. The maximum Gasteiger partial charge on any atom is 0.225 e. The van der Waals surface area contributed by atoms with E-state index in [9.17, 15) is 4.79 Å². The number of hydrogen-bond acceptors (Lipinski definition) is 4. The van der Waals surface area contributed by atoms with Gasteiger partial charge >= 0.3 is 0 Å². The molecule has 0 aliphatic carbocycles. The summed E-state index contributed by atoms with van der Waals surface area (Å²) in [6, 6.07) is 11.4. The Hall–Kier alpha value is -3.02. The van der Waals surface area contributed by atoms with Crippen molar-refractivity contribution in [3.8, 4) is 17.0 Å². The molecule has 0 unspecified atom stereocenters. The quantitative estimate of drug-likeness (QED) is 0.705. The van der Waals surface area contributed by atoms with Gasteiger partial charge in [-0.25, -0.2) is 4.98 Å². The lowest BCUT2D eigenvalue weighted by Gasteiger charge is -2.26. The molecule has 3 heterocycles. The molecule has 0 atom stereocenters. The lowest BCUT2D eigenvalue weighted by molar-refractivity contribution is -0.132. The topological polar surface area (TPSA) is 72.9 Å². The van der Waals surface area contributed by atoms with Gasteiger partial charge in [0.15, 0.2) is 11.4 Å². The number of likely N-dealkylation sites (tertiary alicyclic amines) is 1. The van der Waals surface area contributed by atoms with Gasteiger partial charge in [-0.15, -0.1) is 0 Å². The second-order valence-electron chi connectivity index (χ2n) is 6.89. The number of piperidine rings is 1. The number of amides is 1. The van der Waals surface area contributed by atoms with Gasteiger partial charge in [0, 0.05) is 36.7 Å². The van der Waals surface area contributed by atoms with Crippen molar-refractivity contribution in [1.82, 2.24) is 14.3 Å². The highest BCUT2D eigenvalue weighted by Gasteiger charge is 2.16. The molecule has 0 saturated carbocycles. The fraction of sp³-hybridized carbons (Fsp3) is 0.333. The van der Waals surface area contributed by atoms with Gasteiger partial charge < -0.3 is 19.8 Å². The summed E-state index contributed by atoms with van der Waals surface area (Å²) >= 11 is 0. The Morgan fingerprint density at radius 2 is 1.89 bits per heavy atom. The molecule has 2 N–H and O–H groups in total. The van der Waals surface area contributed by atoms with Gasteiger partial charge in [-0.3, -0.25) is 4.79 Å². The van der Waals surface area contributed by atoms with Crippen LogP contribution >= 0.6 is 0 Å². The minimum atomic E-state index is 0.174. The zero-order valence-corrected chi connectivity index (χ0v) is 15.3. The summed E-state index contributed by atoms with van der Waals surface area (Å²) in [7, 11) is 0. The van der Waals surface area contributed by atoms with Crippen LogP contribution in [0.4, 0.5) is 5.69 Å². The van der Waals surface area contributed by atoms with Crippen LogP contribution in [0.1, 0.15) is 25.7 Å². The standard InChI is InChI=1S/C21H24N4O2/c22-17-8-6-16(7-9-17)18-15-25-13-4-5-19(21(25)23-18)27-14-10-20(26)24-11-2-1-3-12-24/h4-9,13,15H,1-3,10-12,14,22H2. The van der Waals surface area contributed by atoms with Gasteiger partial charge in [-0.05, 0) is 43.5 Å². The molecule has 6 nitrogen and oxygen atoms in total. The van der Waals surface area contributed by atoms with Crippen molar-refractivity contribution in [3.05, 3.63) is 48.8 Å². The zero-order valence-electron chi connectivity index (χ0n) is 15.3. The predicted octanol–water partition coefficient (Wildman–Crippen LogP) is 3.36. The third-order valence-corrected chi connectivity index (χ3v) is 4.94. The van der Waals surface area contributed by atoms with Crippen LogP contribution in [0.3, 0.4) is 0 Å². The van der Waals surface area contributed by atoms with E-state index in [1.807, 2.05) is 58.1 Å². The lowest BCUT2D eigenvalue weighted by atomic mass is 10.1. The van der Waals surface area contributed by atoms with Crippen molar-refractivity contribution in [2.45, 2.75) is 25.7 Å². The van der Waals surface area contributed by atoms with Crippen LogP contribution in [0.2, 0.25) is 0 Å². The number of carbonyl (C=O) groups excluding carboxylic acids is 1. The first-order chi connectivity index (χ1) is 13.2. The number of nitrogen functional groups attached to an aromatic ring is 1. The molecule has 1 saturated heterocycles. The van der Waals surface area contributed by atoms with Gasteiger partial charge in [0.1, 0.15) is 0 Å². The van der Waals surface area contributed by atoms with Crippen molar-refractivity contribution in [2.24, 2.45) is 0 Å².